The van der Waals surface area contributed by atoms with Gasteiger partial charge in [0.15, 0.2) is 11.5 Å². The maximum Gasteiger partial charge on any atom is 0.275 e. The molecule has 2 aliphatic heterocycles. The van der Waals surface area contributed by atoms with E-state index in [4.69, 9.17) is 27.8 Å². The predicted molar refractivity (Wildman–Crippen MR) is 66.2 cm³/mol. The second-order valence-electron chi connectivity index (χ2n) is 3.86. The SMILES string of the molecule is NC1=NC(=S)N=C1C(=O)N[C@H]1C[C@H](O)[C@@H](CO)O1. The Morgan fingerprint density at radius 2 is 2.33 bits per heavy atom. The molecule has 0 radical (unpaired) electrons. The zero-order valence-electron chi connectivity index (χ0n) is 9.24. The Hall–Kier alpha value is -1.42. The molecule has 0 aromatic heterocycles. The van der Waals surface area contributed by atoms with Crippen LogP contribution in [-0.4, -0.2) is 57.8 Å². The number of carbonyl (C=O) groups is 1. The second kappa shape index (κ2) is 5.06. The first-order valence-corrected chi connectivity index (χ1v) is 5.64. The highest BCUT2D eigenvalue weighted by molar-refractivity contribution is 7.80. The molecule has 1 fully saturated rings. The number of aliphatic imine (C=N–C) groups is 2. The largest absolute Gasteiger partial charge is 0.394 e. The number of amides is 1. The van der Waals surface area contributed by atoms with Crippen molar-refractivity contribution in [2.24, 2.45) is 15.7 Å². The topological polar surface area (TPSA) is 130 Å². The quantitative estimate of drug-likeness (QED) is 0.426. The lowest BCUT2D eigenvalue weighted by molar-refractivity contribution is -0.119. The molecule has 2 rings (SSSR count). The van der Waals surface area contributed by atoms with Crippen molar-refractivity contribution in [3.63, 3.8) is 0 Å². The number of aliphatic hydroxyl groups excluding tert-OH is 2. The van der Waals surface area contributed by atoms with Crippen LogP contribution >= 0.6 is 12.2 Å². The summed E-state index contributed by atoms with van der Waals surface area (Å²) in [5.41, 5.74) is 5.40. The van der Waals surface area contributed by atoms with Gasteiger partial charge in [0.2, 0.25) is 5.11 Å². The number of carbonyl (C=O) groups excluding carboxylic acids is 1. The number of aliphatic hydroxyl groups is 2. The van der Waals surface area contributed by atoms with E-state index >= 15 is 0 Å². The number of ether oxygens (including phenoxy) is 1. The van der Waals surface area contributed by atoms with Gasteiger partial charge in [-0.05, 0) is 12.2 Å². The molecule has 0 saturated carbocycles. The van der Waals surface area contributed by atoms with Crippen LogP contribution in [0.3, 0.4) is 0 Å². The highest BCUT2D eigenvalue weighted by atomic mass is 32.1. The minimum absolute atomic E-state index is 0.00161. The number of nitrogens with zero attached hydrogens (tertiary/aromatic N) is 2. The van der Waals surface area contributed by atoms with Crippen molar-refractivity contribution in [2.75, 3.05) is 6.61 Å². The van der Waals surface area contributed by atoms with Crippen molar-refractivity contribution in [3.05, 3.63) is 0 Å². The fourth-order valence-corrected chi connectivity index (χ4v) is 1.89. The minimum atomic E-state index is -0.821. The molecule has 0 aromatic carbocycles. The maximum absolute atomic E-state index is 11.8. The molecule has 0 aliphatic carbocycles. The van der Waals surface area contributed by atoms with Crippen molar-refractivity contribution in [2.45, 2.75) is 24.9 Å². The van der Waals surface area contributed by atoms with E-state index in [0.29, 0.717) is 0 Å². The maximum atomic E-state index is 11.8. The Bertz CT molecular complexity index is 450. The molecule has 0 unspecified atom stereocenters. The predicted octanol–water partition coefficient (Wildman–Crippen LogP) is -2.33. The molecule has 98 valence electrons. The number of thiocarbonyl (C=S) groups is 1. The number of nitrogens with two attached hydrogens (primary N) is 1. The van der Waals surface area contributed by atoms with Crippen molar-refractivity contribution in [3.8, 4) is 0 Å². The van der Waals surface area contributed by atoms with Gasteiger partial charge < -0.3 is 26.0 Å². The molecule has 2 aliphatic rings. The van der Waals surface area contributed by atoms with Gasteiger partial charge in [0.25, 0.3) is 5.91 Å². The number of amidine groups is 1. The summed E-state index contributed by atoms with van der Waals surface area (Å²) in [6.07, 6.45) is -2.04. The fraction of sp³-hybridized carbons (Fsp3) is 0.556. The van der Waals surface area contributed by atoms with Crippen LogP contribution in [0.25, 0.3) is 0 Å². The lowest BCUT2D eigenvalue weighted by Crippen LogP contribution is -2.43. The summed E-state index contributed by atoms with van der Waals surface area (Å²) in [7, 11) is 0. The fourth-order valence-electron chi connectivity index (χ4n) is 1.70. The second-order valence-corrected chi connectivity index (χ2v) is 4.23. The van der Waals surface area contributed by atoms with Gasteiger partial charge in [-0.15, -0.1) is 0 Å². The molecule has 3 atom stereocenters. The van der Waals surface area contributed by atoms with Crippen LogP contribution in [-0.2, 0) is 9.53 Å². The standard InChI is InChI=1S/C9H12N4O4S/c10-7-6(12-9(18)13-7)8(16)11-5-1-3(15)4(2-14)17-5/h3-5,14-15H,1-2H2,(H,11,16)(H2,10,13,18)/t3-,4+,5+/m0/s1. The molecule has 18 heavy (non-hydrogen) atoms. The summed E-state index contributed by atoms with van der Waals surface area (Å²) in [5, 5.41) is 20.9. The molecular weight excluding hydrogens is 260 g/mol. The summed E-state index contributed by atoms with van der Waals surface area (Å²) in [5.74, 6) is -0.623. The summed E-state index contributed by atoms with van der Waals surface area (Å²) in [6, 6.07) is 0. The number of nitrogens with one attached hydrogen (secondary N) is 1. The third kappa shape index (κ3) is 2.53. The van der Waals surface area contributed by atoms with E-state index in [0.717, 1.165) is 0 Å². The molecule has 0 aromatic rings. The van der Waals surface area contributed by atoms with E-state index in [2.05, 4.69) is 15.3 Å². The lowest BCUT2D eigenvalue weighted by atomic mass is 10.2. The first-order valence-electron chi connectivity index (χ1n) is 5.23. The molecule has 2 heterocycles. The molecule has 5 N–H and O–H groups in total. The first-order chi connectivity index (χ1) is 8.51. The average molecular weight is 272 g/mol. The van der Waals surface area contributed by atoms with Crippen LogP contribution in [0, 0.1) is 0 Å². The Balaban J connectivity index is 1.96. The Morgan fingerprint density at radius 1 is 1.61 bits per heavy atom. The molecule has 8 nitrogen and oxygen atoms in total. The Labute approximate surface area is 108 Å². The van der Waals surface area contributed by atoms with Crippen LogP contribution in [0.15, 0.2) is 9.98 Å². The van der Waals surface area contributed by atoms with Crippen LogP contribution in [0.1, 0.15) is 6.42 Å². The highest BCUT2D eigenvalue weighted by Crippen LogP contribution is 2.18. The third-order valence-electron chi connectivity index (χ3n) is 2.58. The molecule has 0 bridgehead atoms. The summed E-state index contributed by atoms with van der Waals surface area (Å²) in [6.45, 7) is -0.317. The van der Waals surface area contributed by atoms with E-state index in [1.54, 1.807) is 0 Å². The van der Waals surface area contributed by atoms with Crippen LogP contribution in [0.5, 0.6) is 0 Å². The summed E-state index contributed by atoms with van der Waals surface area (Å²) >= 11 is 4.69. The third-order valence-corrected chi connectivity index (χ3v) is 2.76. The molecule has 1 amide bonds. The van der Waals surface area contributed by atoms with Gasteiger partial charge >= 0.3 is 0 Å². The average Bonchev–Trinajstić information content (AvgIpc) is 2.81. The monoisotopic (exact) mass is 272 g/mol. The van der Waals surface area contributed by atoms with Gasteiger partial charge in [-0.25, -0.2) is 4.99 Å². The zero-order chi connectivity index (χ0) is 13.3. The summed E-state index contributed by atoms with van der Waals surface area (Å²) in [4.78, 5) is 19.1. The zero-order valence-corrected chi connectivity index (χ0v) is 10.1. The normalized spacial score (nSPS) is 31.2. The van der Waals surface area contributed by atoms with Crippen LogP contribution in [0.2, 0.25) is 0 Å². The van der Waals surface area contributed by atoms with Crippen molar-refractivity contribution in [1.82, 2.24) is 5.32 Å². The van der Waals surface area contributed by atoms with Crippen LogP contribution < -0.4 is 11.1 Å². The van der Waals surface area contributed by atoms with Gasteiger partial charge in [0.05, 0.1) is 12.7 Å². The van der Waals surface area contributed by atoms with Gasteiger partial charge in [0, 0.05) is 6.42 Å². The van der Waals surface area contributed by atoms with Crippen molar-refractivity contribution in [1.29, 1.82) is 0 Å². The molecule has 1 saturated heterocycles. The highest BCUT2D eigenvalue weighted by Gasteiger charge is 2.35. The molecule has 0 spiro atoms. The number of rotatable bonds is 3. The summed E-state index contributed by atoms with van der Waals surface area (Å²) < 4.78 is 5.21. The Morgan fingerprint density at radius 3 is 2.83 bits per heavy atom. The minimum Gasteiger partial charge on any atom is -0.394 e. The van der Waals surface area contributed by atoms with Crippen molar-refractivity contribution < 1.29 is 19.7 Å². The van der Waals surface area contributed by atoms with Gasteiger partial charge in [-0.2, -0.15) is 4.99 Å². The van der Waals surface area contributed by atoms with Gasteiger partial charge in [-0.3, -0.25) is 4.79 Å². The van der Waals surface area contributed by atoms with E-state index in [1.165, 1.54) is 0 Å². The van der Waals surface area contributed by atoms with E-state index in [-0.39, 0.29) is 29.7 Å². The van der Waals surface area contributed by atoms with Gasteiger partial charge in [-0.1, -0.05) is 0 Å². The van der Waals surface area contributed by atoms with Crippen LogP contribution in [0.4, 0.5) is 0 Å². The van der Waals surface area contributed by atoms with E-state index in [9.17, 15) is 9.90 Å². The van der Waals surface area contributed by atoms with E-state index < -0.39 is 24.3 Å². The number of hydrogen-bond acceptors (Lipinski definition) is 6. The Kier molecular flexibility index (Phi) is 3.66. The van der Waals surface area contributed by atoms with Crippen molar-refractivity contribution >= 4 is 34.8 Å². The van der Waals surface area contributed by atoms with E-state index in [1.807, 2.05) is 0 Å². The number of hydrogen-bond donors (Lipinski definition) is 4. The molecule has 9 heteroatoms. The first kappa shape index (κ1) is 13.0. The smallest absolute Gasteiger partial charge is 0.275 e. The lowest BCUT2D eigenvalue weighted by Gasteiger charge is -2.13. The van der Waals surface area contributed by atoms with Gasteiger partial charge in [0.1, 0.15) is 12.3 Å². The molecular formula is C9H12N4O4S.